The number of nitrogens with zero attached hydrogens (tertiary/aromatic N) is 2. The number of piperidine rings is 1. The van der Waals surface area contributed by atoms with E-state index in [1.165, 1.54) is 6.33 Å². The van der Waals surface area contributed by atoms with Crippen molar-refractivity contribution in [3.05, 3.63) is 53.1 Å². The van der Waals surface area contributed by atoms with Gasteiger partial charge < -0.3 is 26.3 Å². The van der Waals surface area contributed by atoms with E-state index >= 15 is 0 Å². The second-order valence-corrected chi connectivity index (χ2v) is 8.79. The molecular formula is C25H31N7O3. The molecule has 0 atom stereocenters. The molecular weight excluding hydrogens is 446 g/mol. The maximum absolute atomic E-state index is 12.9. The number of rotatable bonds is 8. The van der Waals surface area contributed by atoms with Gasteiger partial charge in [-0.2, -0.15) is 0 Å². The molecule has 0 spiro atoms. The first-order valence-electron chi connectivity index (χ1n) is 11.9. The molecule has 0 bridgehead atoms. The number of carbonyl (C=O) groups excluding carboxylic acids is 3. The van der Waals surface area contributed by atoms with Crippen molar-refractivity contribution in [2.75, 3.05) is 25.0 Å². The zero-order valence-electron chi connectivity index (χ0n) is 20.0. The van der Waals surface area contributed by atoms with Crippen LogP contribution < -0.4 is 21.3 Å². The normalized spacial score (nSPS) is 14.0. The first-order chi connectivity index (χ1) is 17.0. The van der Waals surface area contributed by atoms with Crippen molar-refractivity contribution >= 4 is 34.4 Å². The van der Waals surface area contributed by atoms with E-state index in [4.69, 9.17) is 0 Å². The third-order valence-electron chi connectivity index (χ3n) is 6.28. The lowest BCUT2D eigenvalue weighted by atomic mass is 9.98. The number of nitrogens with one attached hydrogen (secondary N) is 5. The number of anilines is 1. The van der Waals surface area contributed by atoms with E-state index in [1.54, 1.807) is 13.1 Å². The molecule has 1 aromatic carbocycles. The minimum atomic E-state index is -0.388. The molecule has 10 heteroatoms. The lowest BCUT2D eigenvalue weighted by Crippen LogP contribution is -2.35. The Labute approximate surface area is 203 Å². The zero-order chi connectivity index (χ0) is 24.8. The highest BCUT2D eigenvalue weighted by molar-refractivity contribution is 6.10. The van der Waals surface area contributed by atoms with Crippen molar-refractivity contribution in [1.29, 1.82) is 0 Å². The van der Waals surface area contributed by atoms with E-state index in [2.05, 4.69) is 36.2 Å². The first-order valence-corrected chi connectivity index (χ1v) is 11.9. The second kappa shape index (κ2) is 11.1. The molecule has 10 nitrogen and oxygen atoms in total. The highest BCUT2D eigenvalue weighted by Gasteiger charge is 2.21. The predicted molar refractivity (Wildman–Crippen MR) is 133 cm³/mol. The second-order valence-electron chi connectivity index (χ2n) is 8.79. The molecule has 35 heavy (non-hydrogen) atoms. The van der Waals surface area contributed by atoms with E-state index < -0.39 is 0 Å². The molecule has 184 valence electrons. The fourth-order valence-corrected chi connectivity index (χ4v) is 4.12. The van der Waals surface area contributed by atoms with Gasteiger partial charge in [-0.25, -0.2) is 9.97 Å². The number of benzene rings is 1. The Morgan fingerprint density at radius 3 is 2.66 bits per heavy atom. The van der Waals surface area contributed by atoms with Gasteiger partial charge in [0.05, 0.1) is 11.1 Å². The fourth-order valence-electron chi connectivity index (χ4n) is 4.12. The van der Waals surface area contributed by atoms with Gasteiger partial charge in [0.25, 0.3) is 11.8 Å². The van der Waals surface area contributed by atoms with Crippen LogP contribution in [0.5, 0.6) is 0 Å². The quantitative estimate of drug-likeness (QED) is 0.337. The molecule has 5 N–H and O–H groups in total. The van der Waals surface area contributed by atoms with Gasteiger partial charge in [-0.1, -0.05) is 19.1 Å². The van der Waals surface area contributed by atoms with Crippen LogP contribution >= 0.6 is 0 Å². The summed E-state index contributed by atoms with van der Waals surface area (Å²) in [5.74, 6) is -0.222. The number of amides is 3. The van der Waals surface area contributed by atoms with Crippen molar-refractivity contribution in [3.63, 3.8) is 0 Å². The van der Waals surface area contributed by atoms with Gasteiger partial charge in [0, 0.05) is 31.4 Å². The van der Waals surface area contributed by atoms with Crippen LogP contribution in [-0.2, 0) is 11.3 Å². The molecule has 0 aliphatic carbocycles. The number of H-pyrrole nitrogens is 1. The first kappa shape index (κ1) is 24.3. The highest BCUT2D eigenvalue weighted by Crippen LogP contribution is 2.20. The molecule has 0 radical (unpaired) electrons. The Hall–Kier alpha value is -3.79. The van der Waals surface area contributed by atoms with Crippen molar-refractivity contribution in [3.8, 4) is 0 Å². The summed E-state index contributed by atoms with van der Waals surface area (Å²) in [5.41, 5.74) is 3.88. The van der Waals surface area contributed by atoms with E-state index in [1.807, 2.05) is 25.1 Å². The predicted octanol–water partition coefficient (Wildman–Crippen LogP) is 2.27. The van der Waals surface area contributed by atoms with Crippen molar-refractivity contribution < 1.29 is 14.4 Å². The third-order valence-corrected chi connectivity index (χ3v) is 6.28. The van der Waals surface area contributed by atoms with Crippen LogP contribution in [-0.4, -0.2) is 52.3 Å². The third kappa shape index (κ3) is 5.83. The Bertz CT molecular complexity index is 1230. The maximum atomic E-state index is 12.9. The van der Waals surface area contributed by atoms with Gasteiger partial charge in [-0.15, -0.1) is 0 Å². The number of fused-ring (bicyclic) bond motifs is 1. The van der Waals surface area contributed by atoms with Crippen LogP contribution in [0.3, 0.4) is 0 Å². The molecule has 3 aromatic rings. The van der Waals surface area contributed by atoms with Gasteiger partial charge >= 0.3 is 0 Å². The van der Waals surface area contributed by atoms with E-state index in [0.29, 0.717) is 35.5 Å². The topological polar surface area (TPSA) is 141 Å². The number of aromatic nitrogens is 3. The summed E-state index contributed by atoms with van der Waals surface area (Å²) < 4.78 is 0. The minimum Gasteiger partial charge on any atom is -0.357 e. The number of carbonyl (C=O) groups is 3. The summed E-state index contributed by atoms with van der Waals surface area (Å²) in [5, 5.41) is 12.0. The monoisotopic (exact) mass is 477 g/mol. The molecule has 1 saturated heterocycles. The van der Waals surface area contributed by atoms with Crippen LogP contribution in [0, 0.1) is 12.8 Å². The number of hydrogen-bond donors (Lipinski definition) is 5. The van der Waals surface area contributed by atoms with Gasteiger partial charge in [-0.3, -0.25) is 14.4 Å². The summed E-state index contributed by atoms with van der Waals surface area (Å²) >= 11 is 0. The summed E-state index contributed by atoms with van der Waals surface area (Å²) in [6.07, 6.45) is 5.32. The molecule has 1 aliphatic heterocycles. The Morgan fingerprint density at radius 1 is 1.09 bits per heavy atom. The Morgan fingerprint density at radius 2 is 1.89 bits per heavy atom. The molecule has 1 aliphatic rings. The molecule has 0 saturated carbocycles. The largest absolute Gasteiger partial charge is 0.357 e. The fraction of sp³-hybridized carbons (Fsp3) is 0.400. The van der Waals surface area contributed by atoms with Gasteiger partial charge in [0.15, 0.2) is 5.69 Å². The minimum absolute atomic E-state index is 0.0694. The average Bonchev–Trinajstić information content (AvgIpc) is 3.32. The zero-order valence-corrected chi connectivity index (χ0v) is 20.0. The standard InChI is InChI=1S/C25H31N7O3/c1-3-20(33)32-19-10-17(5-4-15(19)2)12-29-25(35)23-22-21(30-14-31-23)18(13-27-22)24(34)28-11-16-6-8-26-9-7-16/h4-5,10,13-14,16,26-27H,3,6-9,11-12H2,1-2H3,(H,28,34)(H,29,35)(H,32,33). The molecule has 3 amide bonds. The highest BCUT2D eigenvalue weighted by atomic mass is 16.2. The lowest BCUT2D eigenvalue weighted by Gasteiger charge is -2.22. The molecule has 3 heterocycles. The van der Waals surface area contributed by atoms with Gasteiger partial charge in [0.2, 0.25) is 5.91 Å². The Balaban J connectivity index is 1.43. The lowest BCUT2D eigenvalue weighted by molar-refractivity contribution is -0.115. The van der Waals surface area contributed by atoms with E-state index in [-0.39, 0.29) is 30.0 Å². The molecule has 0 unspecified atom stereocenters. The van der Waals surface area contributed by atoms with Crippen LogP contribution in [0.15, 0.2) is 30.7 Å². The van der Waals surface area contributed by atoms with Crippen LogP contribution in [0.4, 0.5) is 5.69 Å². The van der Waals surface area contributed by atoms with Crippen LogP contribution in [0.1, 0.15) is 58.2 Å². The Kier molecular flexibility index (Phi) is 7.71. The van der Waals surface area contributed by atoms with E-state index in [0.717, 1.165) is 42.7 Å². The van der Waals surface area contributed by atoms with Gasteiger partial charge in [-0.05, 0) is 56.0 Å². The average molecular weight is 478 g/mol. The van der Waals surface area contributed by atoms with Crippen LogP contribution in [0.2, 0.25) is 0 Å². The smallest absolute Gasteiger partial charge is 0.272 e. The van der Waals surface area contributed by atoms with Gasteiger partial charge in [0.1, 0.15) is 11.8 Å². The molecule has 2 aromatic heterocycles. The molecule has 4 rings (SSSR count). The summed E-state index contributed by atoms with van der Waals surface area (Å²) in [6, 6.07) is 5.64. The van der Waals surface area contributed by atoms with Crippen molar-refractivity contribution in [1.82, 2.24) is 30.9 Å². The van der Waals surface area contributed by atoms with Crippen LogP contribution in [0.25, 0.3) is 11.0 Å². The number of aryl methyl sites for hydroxylation is 1. The van der Waals surface area contributed by atoms with E-state index in [9.17, 15) is 14.4 Å². The summed E-state index contributed by atoms with van der Waals surface area (Å²) in [7, 11) is 0. The number of aromatic amines is 1. The maximum Gasteiger partial charge on any atom is 0.272 e. The summed E-state index contributed by atoms with van der Waals surface area (Å²) in [4.78, 5) is 48.8. The molecule has 1 fully saturated rings. The summed E-state index contributed by atoms with van der Waals surface area (Å²) in [6.45, 7) is 6.51. The number of hydrogen-bond acceptors (Lipinski definition) is 6. The van der Waals surface area contributed by atoms with Crippen molar-refractivity contribution in [2.24, 2.45) is 5.92 Å². The van der Waals surface area contributed by atoms with Crippen molar-refractivity contribution in [2.45, 2.75) is 39.7 Å². The SMILES string of the molecule is CCC(=O)Nc1cc(CNC(=O)c2ncnc3c(C(=O)NCC4CCNCC4)c[nH]c23)ccc1C.